The number of nitro benzene ring substituents is 1. The molecule has 2 aromatic rings. The van der Waals surface area contributed by atoms with Gasteiger partial charge in [0.15, 0.2) is 0 Å². The third-order valence-electron chi connectivity index (χ3n) is 3.41. The number of benzene rings is 2. The van der Waals surface area contributed by atoms with Crippen LogP contribution in [0.2, 0.25) is 5.02 Å². The van der Waals surface area contributed by atoms with Crippen molar-refractivity contribution in [1.82, 2.24) is 5.43 Å². The van der Waals surface area contributed by atoms with E-state index in [0.717, 1.165) is 5.56 Å². The number of halogens is 1. The van der Waals surface area contributed by atoms with Crippen molar-refractivity contribution in [2.45, 2.75) is 19.8 Å². The highest BCUT2D eigenvalue weighted by Gasteiger charge is 2.09. The van der Waals surface area contributed by atoms with Gasteiger partial charge in [-0.05, 0) is 30.7 Å². The molecule has 0 radical (unpaired) electrons. The van der Waals surface area contributed by atoms with Gasteiger partial charge in [-0.25, -0.2) is 5.43 Å². The first-order valence-corrected chi connectivity index (χ1v) is 8.32. The molecular weight excluding hydrogens is 372 g/mol. The molecule has 0 aromatic heterocycles. The van der Waals surface area contributed by atoms with Crippen LogP contribution in [0.25, 0.3) is 0 Å². The molecule has 0 aliphatic rings. The van der Waals surface area contributed by atoms with Crippen LogP contribution in [0.5, 0.6) is 0 Å². The predicted molar refractivity (Wildman–Crippen MR) is 103 cm³/mol. The summed E-state index contributed by atoms with van der Waals surface area (Å²) in [5.41, 5.74) is 3.76. The number of carbonyl (C=O) groups is 2. The van der Waals surface area contributed by atoms with Crippen molar-refractivity contribution >= 4 is 40.5 Å². The van der Waals surface area contributed by atoms with Gasteiger partial charge >= 0.3 is 0 Å². The van der Waals surface area contributed by atoms with Crippen LogP contribution in [-0.4, -0.2) is 22.4 Å². The van der Waals surface area contributed by atoms with Gasteiger partial charge in [0.1, 0.15) is 0 Å². The Morgan fingerprint density at radius 1 is 1.15 bits per heavy atom. The van der Waals surface area contributed by atoms with Crippen LogP contribution in [-0.2, 0) is 16.0 Å². The zero-order valence-electron chi connectivity index (χ0n) is 14.4. The fourth-order valence-electron chi connectivity index (χ4n) is 2.16. The number of nitrogens with zero attached hydrogens (tertiary/aromatic N) is 2. The van der Waals surface area contributed by atoms with Crippen molar-refractivity contribution in [2.24, 2.45) is 5.10 Å². The fourth-order valence-corrected chi connectivity index (χ4v) is 2.29. The number of nitrogens with one attached hydrogen (secondary N) is 2. The summed E-state index contributed by atoms with van der Waals surface area (Å²) in [4.78, 5) is 34.0. The molecule has 0 spiro atoms. The van der Waals surface area contributed by atoms with Gasteiger partial charge in [-0.3, -0.25) is 19.7 Å². The molecule has 0 fully saturated rings. The Hall–Kier alpha value is -3.26. The molecule has 27 heavy (non-hydrogen) atoms. The molecule has 2 rings (SSSR count). The smallest absolute Gasteiger partial charge is 0.271 e. The van der Waals surface area contributed by atoms with Crippen LogP contribution in [0.3, 0.4) is 0 Å². The molecule has 8 nitrogen and oxygen atoms in total. The third kappa shape index (κ3) is 6.87. The maximum atomic E-state index is 12.0. The number of rotatable bonds is 7. The number of hydrazone groups is 1. The van der Waals surface area contributed by atoms with Crippen molar-refractivity contribution in [3.63, 3.8) is 0 Å². The molecule has 0 heterocycles. The van der Waals surface area contributed by atoms with Gasteiger partial charge in [-0.2, -0.15) is 5.10 Å². The van der Waals surface area contributed by atoms with Crippen LogP contribution >= 0.6 is 11.6 Å². The van der Waals surface area contributed by atoms with E-state index in [9.17, 15) is 19.7 Å². The quantitative estimate of drug-likeness (QED) is 0.430. The topological polar surface area (TPSA) is 114 Å². The molecule has 0 aliphatic carbocycles. The van der Waals surface area contributed by atoms with E-state index in [2.05, 4.69) is 15.8 Å². The normalized spacial score (nSPS) is 11.0. The summed E-state index contributed by atoms with van der Waals surface area (Å²) < 4.78 is 0. The van der Waals surface area contributed by atoms with E-state index in [1.165, 1.54) is 18.2 Å². The Bertz CT molecular complexity index is 881. The summed E-state index contributed by atoms with van der Waals surface area (Å²) in [6.45, 7) is 1.59. The summed E-state index contributed by atoms with van der Waals surface area (Å²) in [7, 11) is 0. The van der Waals surface area contributed by atoms with Gasteiger partial charge in [0.2, 0.25) is 11.8 Å². The van der Waals surface area contributed by atoms with Crippen LogP contribution in [0, 0.1) is 10.1 Å². The van der Waals surface area contributed by atoms with E-state index in [4.69, 9.17) is 11.6 Å². The Kier molecular flexibility index (Phi) is 7.01. The maximum absolute atomic E-state index is 12.0. The van der Waals surface area contributed by atoms with E-state index >= 15 is 0 Å². The first-order valence-electron chi connectivity index (χ1n) is 7.94. The lowest BCUT2D eigenvalue weighted by Gasteiger charge is -2.06. The summed E-state index contributed by atoms with van der Waals surface area (Å²) in [6, 6.07) is 12.5. The van der Waals surface area contributed by atoms with Crippen molar-refractivity contribution in [1.29, 1.82) is 0 Å². The average molecular weight is 389 g/mol. The van der Waals surface area contributed by atoms with Crippen molar-refractivity contribution in [3.05, 3.63) is 69.2 Å². The minimum atomic E-state index is -0.543. The Morgan fingerprint density at radius 3 is 2.52 bits per heavy atom. The van der Waals surface area contributed by atoms with Gasteiger partial charge in [0, 0.05) is 28.6 Å². The molecule has 2 aromatic carbocycles. The van der Waals surface area contributed by atoms with Gasteiger partial charge in [-0.1, -0.05) is 29.8 Å². The summed E-state index contributed by atoms with van der Waals surface area (Å²) in [6.07, 6.45) is 0.0672. The summed E-state index contributed by atoms with van der Waals surface area (Å²) >= 11 is 5.79. The summed E-state index contributed by atoms with van der Waals surface area (Å²) in [5, 5.41) is 17.8. The standard InChI is InChI=1S/C18H17ClN4O4/c1-12(21-22-18(25)10-13-5-7-14(19)8-6-13)9-17(24)20-15-3-2-4-16(11-15)23(26)27/h2-8,11H,9-10H2,1H3,(H,20,24)(H,22,25). The Balaban J connectivity index is 1.84. The number of carbonyl (C=O) groups excluding carboxylic acids is 2. The Labute approximate surface area is 160 Å². The highest BCUT2D eigenvalue weighted by atomic mass is 35.5. The Morgan fingerprint density at radius 2 is 1.85 bits per heavy atom. The molecule has 0 atom stereocenters. The molecule has 0 saturated heterocycles. The van der Waals surface area contributed by atoms with Crippen molar-refractivity contribution in [3.8, 4) is 0 Å². The highest BCUT2D eigenvalue weighted by molar-refractivity contribution is 6.30. The molecule has 140 valence electrons. The molecule has 0 aliphatic heterocycles. The van der Waals surface area contributed by atoms with Crippen LogP contribution in [0.4, 0.5) is 11.4 Å². The van der Waals surface area contributed by atoms with E-state index in [1.54, 1.807) is 37.3 Å². The zero-order valence-corrected chi connectivity index (χ0v) is 15.2. The SMILES string of the molecule is CC(CC(=O)Nc1cccc([N+](=O)[O-])c1)=NNC(=O)Cc1ccc(Cl)cc1. The molecular formula is C18H17ClN4O4. The second kappa shape index (κ2) is 9.44. The van der Waals surface area contributed by atoms with Crippen molar-refractivity contribution in [2.75, 3.05) is 5.32 Å². The first-order chi connectivity index (χ1) is 12.8. The zero-order chi connectivity index (χ0) is 19.8. The fraction of sp³-hybridized carbons (Fsp3) is 0.167. The lowest BCUT2D eigenvalue weighted by atomic mass is 10.1. The van der Waals surface area contributed by atoms with E-state index < -0.39 is 10.8 Å². The van der Waals surface area contributed by atoms with Crippen LogP contribution in [0.15, 0.2) is 53.6 Å². The molecule has 2 N–H and O–H groups in total. The van der Waals surface area contributed by atoms with Gasteiger partial charge in [0.05, 0.1) is 17.8 Å². The lowest BCUT2D eigenvalue weighted by molar-refractivity contribution is -0.384. The third-order valence-corrected chi connectivity index (χ3v) is 3.66. The van der Waals surface area contributed by atoms with Crippen molar-refractivity contribution < 1.29 is 14.5 Å². The van der Waals surface area contributed by atoms with E-state index in [-0.39, 0.29) is 24.4 Å². The molecule has 0 bridgehead atoms. The number of hydrogen-bond acceptors (Lipinski definition) is 5. The number of anilines is 1. The second-order valence-corrected chi connectivity index (χ2v) is 6.15. The minimum absolute atomic E-state index is 0.0656. The van der Waals surface area contributed by atoms with E-state index in [0.29, 0.717) is 16.4 Å². The van der Waals surface area contributed by atoms with Gasteiger partial charge in [-0.15, -0.1) is 0 Å². The lowest BCUT2D eigenvalue weighted by Crippen LogP contribution is -2.22. The van der Waals surface area contributed by atoms with Gasteiger partial charge in [0.25, 0.3) is 5.69 Å². The molecule has 0 saturated carbocycles. The number of non-ortho nitro benzene ring substituents is 1. The van der Waals surface area contributed by atoms with Crippen LogP contribution in [0.1, 0.15) is 18.9 Å². The largest absolute Gasteiger partial charge is 0.326 e. The minimum Gasteiger partial charge on any atom is -0.326 e. The number of nitro groups is 1. The van der Waals surface area contributed by atoms with Crippen LogP contribution < -0.4 is 10.7 Å². The molecule has 2 amide bonds. The second-order valence-electron chi connectivity index (χ2n) is 5.72. The molecule has 0 unspecified atom stereocenters. The molecule has 9 heteroatoms. The van der Waals surface area contributed by atoms with E-state index in [1.807, 2.05) is 0 Å². The average Bonchev–Trinajstić information content (AvgIpc) is 2.62. The highest BCUT2D eigenvalue weighted by Crippen LogP contribution is 2.17. The summed E-state index contributed by atoms with van der Waals surface area (Å²) in [5.74, 6) is -0.723. The maximum Gasteiger partial charge on any atom is 0.271 e. The monoisotopic (exact) mass is 388 g/mol. The predicted octanol–water partition coefficient (Wildman–Crippen LogP) is 3.31. The number of hydrogen-bond donors (Lipinski definition) is 2. The first kappa shape index (κ1) is 20.1. The van der Waals surface area contributed by atoms with Gasteiger partial charge < -0.3 is 5.32 Å². The number of amides is 2.